The van der Waals surface area contributed by atoms with E-state index in [4.69, 9.17) is 0 Å². The topological polar surface area (TPSA) is 74.7 Å². The Morgan fingerprint density at radius 3 is 2.65 bits per heavy atom. The lowest BCUT2D eigenvalue weighted by molar-refractivity contribution is -0.139. The third-order valence-electron chi connectivity index (χ3n) is 2.17. The van der Waals surface area contributed by atoms with E-state index in [0.29, 0.717) is 0 Å². The molecule has 17 heavy (non-hydrogen) atoms. The number of aliphatic hydroxyl groups excluding tert-OH is 1. The Hall–Kier alpha value is -1.96. The average molecular weight is 244 g/mol. The van der Waals surface area contributed by atoms with Gasteiger partial charge in [-0.05, 0) is 6.07 Å². The highest BCUT2D eigenvalue weighted by Gasteiger charge is 2.35. The largest absolute Gasteiger partial charge is 0.416 e. The van der Waals surface area contributed by atoms with Crippen LogP contribution in [0.15, 0.2) is 24.7 Å². The summed E-state index contributed by atoms with van der Waals surface area (Å²) in [5.74, 6) is 0. The maximum atomic E-state index is 12.7. The number of hydrogen-bond donors (Lipinski definition) is 2. The molecule has 1 atom stereocenters. The number of hydrogen-bond acceptors (Lipinski definition) is 4. The van der Waals surface area contributed by atoms with E-state index in [1.807, 2.05) is 0 Å². The molecule has 90 valence electrons. The van der Waals surface area contributed by atoms with Gasteiger partial charge in [-0.25, -0.2) is 0 Å². The number of aromatic nitrogens is 4. The molecule has 2 aromatic heterocycles. The predicted octanol–water partition coefficient (Wildman–Crippen LogP) is 1.30. The summed E-state index contributed by atoms with van der Waals surface area (Å²) >= 11 is 0. The summed E-state index contributed by atoms with van der Waals surface area (Å²) in [6.45, 7) is 0. The molecule has 0 bridgehead atoms. The molecule has 0 saturated heterocycles. The van der Waals surface area contributed by atoms with Crippen molar-refractivity contribution in [2.75, 3.05) is 0 Å². The number of aromatic amines is 1. The van der Waals surface area contributed by atoms with Crippen LogP contribution in [0.3, 0.4) is 0 Å². The highest BCUT2D eigenvalue weighted by molar-refractivity contribution is 5.32. The normalized spacial score (nSPS) is 13.6. The van der Waals surface area contributed by atoms with Crippen LogP contribution in [-0.2, 0) is 6.18 Å². The monoisotopic (exact) mass is 244 g/mol. The van der Waals surface area contributed by atoms with E-state index < -0.39 is 17.8 Å². The summed E-state index contributed by atoms with van der Waals surface area (Å²) in [6.07, 6.45) is -2.94. The van der Waals surface area contributed by atoms with Gasteiger partial charge in [0.15, 0.2) is 0 Å². The molecule has 0 aliphatic heterocycles. The van der Waals surface area contributed by atoms with Gasteiger partial charge in [0.2, 0.25) is 0 Å². The van der Waals surface area contributed by atoms with Gasteiger partial charge >= 0.3 is 6.18 Å². The molecule has 0 spiro atoms. The maximum Gasteiger partial charge on any atom is 0.416 e. The molecule has 2 aromatic rings. The Bertz CT molecular complexity index is 497. The summed E-state index contributed by atoms with van der Waals surface area (Å²) in [6, 6.07) is 0.804. The third kappa shape index (κ3) is 2.26. The van der Waals surface area contributed by atoms with Crippen molar-refractivity contribution in [3.8, 4) is 0 Å². The van der Waals surface area contributed by atoms with E-state index in [1.165, 1.54) is 0 Å². The summed E-state index contributed by atoms with van der Waals surface area (Å²) in [7, 11) is 0. The molecule has 0 fully saturated rings. The van der Waals surface area contributed by atoms with Crippen molar-refractivity contribution in [1.82, 2.24) is 20.4 Å². The average Bonchev–Trinajstić information content (AvgIpc) is 2.80. The van der Waals surface area contributed by atoms with Crippen molar-refractivity contribution in [3.05, 3.63) is 41.5 Å². The maximum absolute atomic E-state index is 12.7. The Morgan fingerprint density at radius 1 is 1.29 bits per heavy atom. The number of alkyl halides is 3. The van der Waals surface area contributed by atoms with Crippen LogP contribution in [0.1, 0.15) is 22.9 Å². The first-order valence-corrected chi connectivity index (χ1v) is 4.55. The Morgan fingerprint density at radius 2 is 2.06 bits per heavy atom. The molecule has 0 saturated carbocycles. The third-order valence-corrected chi connectivity index (χ3v) is 2.17. The number of H-pyrrole nitrogens is 1. The van der Waals surface area contributed by atoms with Crippen molar-refractivity contribution in [1.29, 1.82) is 0 Å². The van der Waals surface area contributed by atoms with Crippen molar-refractivity contribution >= 4 is 0 Å². The van der Waals surface area contributed by atoms with Crippen molar-refractivity contribution in [2.24, 2.45) is 0 Å². The van der Waals surface area contributed by atoms with Gasteiger partial charge in [0.05, 0.1) is 11.8 Å². The predicted molar refractivity (Wildman–Crippen MR) is 49.7 cm³/mol. The van der Waals surface area contributed by atoms with E-state index in [0.717, 1.165) is 24.7 Å². The lowest BCUT2D eigenvalue weighted by Gasteiger charge is -2.14. The van der Waals surface area contributed by atoms with Gasteiger partial charge in [0, 0.05) is 18.0 Å². The minimum absolute atomic E-state index is 0.00324. The van der Waals surface area contributed by atoms with Crippen LogP contribution < -0.4 is 0 Å². The van der Waals surface area contributed by atoms with Crippen LogP contribution in [0, 0.1) is 0 Å². The second kappa shape index (κ2) is 4.13. The van der Waals surface area contributed by atoms with Crippen LogP contribution in [-0.4, -0.2) is 25.5 Å². The number of halogens is 3. The quantitative estimate of drug-likeness (QED) is 0.834. The van der Waals surface area contributed by atoms with Gasteiger partial charge in [-0.15, -0.1) is 0 Å². The molecule has 2 heterocycles. The summed E-state index contributed by atoms with van der Waals surface area (Å²) in [4.78, 5) is 3.57. The molecule has 2 N–H and O–H groups in total. The van der Waals surface area contributed by atoms with Crippen LogP contribution in [0.2, 0.25) is 0 Å². The second-order valence-corrected chi connectivity index (χ2v) is 3.26. The molecule has 0 aliphatic rings. The van der Waals surface area contributed by atoms with Gasteiger partial charge < -0.3 is 5.11 Å². The van der Waals surface area contributed by atoms with Crippen molar-refractivity contribution < 1.29 is 18.3 Å². The highest BCUT2D eigenvalue weighted by atomic mass is 19.4. The van der Waals surface area contributed by atoms with Gasteiger partial charge in [0.1, 0.15) is 11.8 Å². The summed E-state index contributed by atoms with van der Waals surface area (Å²) in [5.41, 5.74) is -1.29. The fourth-order valence-electron chi connectivity index (χ4n) is 1.38. The molecular weight excluding hydrogens is 237 g/mol. The molecule has 1 unspecified atom stereocenters. The van der Waals surface area contributed by atoms with Crippen LogP contribution in [0.25, 0.3) is 0 Å². The molecular formula is C9H7F3N4O. The lowest BCUT2D eigenvalue weighted by atomic mass is 10.0. The number of nitrogens with zero attached hydrogens (tertiary/aromatic N) is 3. The minimum atomic E-state index is -4.55. The Kier molecular flexibility index (Phi) is 2.80. The molecule has 2 rings (SSSR count). The molecule has 8 heteroatoms. The Balaban J connectivity index is 2.46. The fraction of sp³-hybridized carbons (Fsp3) is 0.222. The standard InChI is InChI=1S/C9H7F3N4O/c10-9(11,12)6-1-2-13-3-5(6)8(17)7-4-14-16-15-7/h1-4,8,17H,(H,14,15,16). The summed E-state index contributed by atoms with van der Waals surface area (Å²) in [5, 5.41) is 18.9. The van der Waals surface area contributed by atoms with Crippen LogP contribution in [0.5, 0.6) is 0 Å². The molecule has 5 nitrogen and oxygen atoms in total. The van der Waals surface area contributed by atoms with E-state index in [9.17, 15) is 18.3 Å². The molecule has 0 amide bonds. The summed E-state index contributed by atoms with van der Waals surface area (Å²) < 4.78 is 38.0. The molecule has 0 radical (unpaired) electrons. The lowest BCUT2D eigenvalue weighted by Crippen LogP contribution is -2.13. The zero-order valence-corrected chi connectivity index (χ0v) is 8.31. The zero-order chi connectivity index (χ0) is 12.5. The van der Waals surface area contributed by atoms with Crippen LogP contribution >= 0.6 is 0 Å². The van der Waals surface area contributed by atoms with E-state index in [1.54, 1.807) is 0 Å². The SMILES string of the molecule is OC(c1cn[nH]n1)c1cnccc1C(F)(F)F. The van der Waals surface area contributed by atoms with E-state index in [-0.39, 0.29) is 11.3 Å². The molecule has 0 aromatic carbocycles. The highest BCUT2D eigenvalue weighted by Crippen LogP contribution is 2.35. The first-order chi connectivity index (χ1) is 8.00. The van der Waals surface area contributed by atoms with E-state index in [2.05, 4.69) is 20.4 Å². The number of pyridine rings is 1. The first kappa shape index (κ1) is 11.5. The van der Waals surface area contributed by atoms with Crippen LogP contribution in [0.4, 0.5) is 13.2 Å². The smallest absolute Gasteiger partial charge is 0.382 e. The number of rotatable bonds is 2. The van der Waals surface area contributed by atoms with E-state index >= 15 is 0 Å². The molecule has 0 aliphatic carbocycles. The first-order valence-electron chi connectivity index (χ1n) is 4.55. The van der Waals surface area contributed by atoms with Crippen molar-refractivity contribution in [3.63, 3.8) is 0 Å². The minimum Gasteiger partial charge on any atom is -0.382 e. The number of aliphatic hydroxyl groups is 1. The van der Waals surface area contributed by atoms with Gasteiger partial charge in [0.25, 0.3) is 0 Å². The van der Waals surface area contributed by atoms with Gasteiger partial charge in [-0.1, -0.05) is 0 Å². The number of nitrogens with one attached hydrogen (secondary N) is 1. The zero-order valence-electron chi connectivity index (χ0n) is 8.31. The van der Waals surface area contributed by atoms with Gasteiger partial charge in [-0.3, -0.25) is 4.98 Å². The fourth-order valence-corrected chi connectivity index (χ4v) is 1.38. The van der Waals surface area contributed by atoms with Crippen molar-refractivity contribution in [2.45, 2.75) is 12.3 Å². The second-order valence-electron chi connectivity index (χ2n) is 3.26. The van der Waals surface area contributed by atoms with Gasteiger partial charge in [-0.2, -0.15) is 28.6 Å². The Labute approximate surface area is 93.3 Å².